The first-order valence-corrected chi connectivity index (χ1v) is 23.1. The van der Waals surface area contributed by atoms with Crippen LogP contribution in [0, 0.1) is 0 Å². The van der Waals surface area contributed by atoms with E-state index >= 15 is 0 Å². The summed E-state index contributed by atoms with van der Waals surface area (Å²) in [4.78, 5) is 63.5. The zero-order chi connectivity index (χ0) is 40.7. The third kappa shape index (κ3) is 12.2. The van der Waals surface area contributed by atoms with Crippen molar-refractivity contribution in [2.24, 2.45) is 0 Å². The van der Waals surface area contributed by atoms with Crippen LogP contribution in [0.2, 0.25) is 18.1 Å². The van der Waals surface area contributed by atoms with Crippen LogP contribution in [0.1, 0.15) is 62.3 Å². The van der Waals surface area contributed by atoms with Crippen LogP contribution in [0.3, 0.4) is 0 Å². The van der Waals surface area contributed by atoms with E-state index in [4.69, 9.17) is 42.3 Å². The van der Waals surface area contributed by atoms with E-state index in [1.807, 2.05) is 22.6 Å². The van der Waals surface area contributed by atoms with E-state index in [-0.39, 0.29) is 23.8 Å². The molecule has 10 atom stereocenters. The number of hydrogen-bond donors (Lipinski definition) is 0. The topological polar surface area (TPSA) is 168 Å². The fourth-order valence-corrected chi connectivity index (χ4v) is 8.91. The van der Waals surface area contributed by atoms with Crippen LogP contribution < -0.4 is 0 Å². The van der Waals surface area contributed by atoms with Crippen LogP contribution in [0.15, 0.2) is 60.7 Å². The lowest BCUT2D eigenvalue weighted by Gasteiger charge is -2.50. The molecule has 0 saturated carbocycles. The molecule has 2 heterocycles. The van der Waals surface area contributed by atoms with E-state index in [1.165, 1.54) is 20.8 Å². The highest BCUT2D eigenvalue weighted by molar-refractivity contribution is 14.1. The second-order valence-corrected chi connectivity index (χ2v) is 22.2. The number of hydrogen-bond acceptors (Lipinski definition) is 14. The van der Waals surface area contributed by atoms with Crippen LogP contribution in [0.4, 0.5) is 0 Å². The fraction of sp³-hybridized carbons (Fsp3) is 0.553. The van der Waals surface area contributed by atoms with Crippen LogP contribution in [-0.2, 0) is 56.7 Å². The highest BCUT2D eigenvalue weighted by atomic mass is 127. The molecular weight excluding hydrogens is 962 g/mol. The van der Waals surface area contributed by atoms with Crippen molar-refractivity contribution in [2.45, 2.75) is 117 Å². The summed E-state index contributed by atoms with van der Waals surface area (Å²) in [5.74, 6) is -3.18. The monoisotopic (exact) mass is 1010 g/mol. The van der Waals surface area contributed by atoms with Crippen molar-refractivity contribution in [1.82, 2.24) is 0 Å². The molecule has 55 heavy (non-hydrogen) atoms. The first kappa shape index (κ1) is 45.0. The van der Waals surface area contributed by atoms with E-state index in [1.54, 1.807) is 60.7 Å². The van der Waals surface area contributed by atoms with E-state index < -0.39 is 95.2 Å². The van der Waals surface area contributed by atoms with Gasteiger partial charge in [0.1, 0.15) is 47.7 Å². The molecule has 2 fully saturated rings. The Balaban J connectivity index is 1.79. The van der Waals surface area contributed by atoms with E-state index in [9.17, 15) is 24.0 Å². The largest absolute Gasteiger partial charge is 0.463 e. The SMILES string of the molecule is CC(=O)OC[C@H]1O[C@@H](O[C@H]2[C@H](OC(=O)c3ccccc3)[C@@H](I)C(OC(C)=O)O[C@@H]2COC(C)=O)[C@H](I)[C@@H](O[Si](C)(C)C(C)(C)C)[C@@H]1OC(=O)c1ccccc1. The van der Waals surface area contributed by atoms with Crippen LogP contribution >= 0.6 is 45.2 Å². The molecule has 14 nitrogen and oxygen atoms in total. The van der Waals surface area contributed by atoms with Gasteiger partial charge in [-0.3, -0.25) is 14.4 Å². The summed E-state index contributed by atoms with van der Waals surface area (Å²) < 4.78 is 53.5. The van der Waals surface area contributed by atoms with Gasteiger partial charge in [0.2, 0.25) is 6.29 Å². The molecule has 2 aromatic carbocycles. The van der Waals surface area contributed by atoms with Gasteiger partial charge in [0, 0.05) is 20.8 Å². The number of esters is 5. The smallest absolute Gasteiger partial charge is 0.338 e. The molecule has 0 aliphatic carbocycles. The normalized spacial score (nSPS) is 28.3. The van der Waals surface area contributed by atoms with Gasteiger partial charge >= 0.3 is 29.8 Å². The van der Waals surface area contributed by atoms with Gasteiger partial charge in [-0.15, -0.1) is 0 Å². The molecule has 4 rings (SSSR count). The minimum atomic E-state index is -2.63. The molecular formula is C38H48I2O14Si. The molecule has 2 saturated heterocycles. The zero-order valence-electron chi connectivity index (χ0n) is 31.9. The maximum atomic E-state index is 13.6. The van der Waals surface area contributed by atoms with Gasteiger partial charge < -0.3 is 42.3 Å². The Morgan fingerprint density at radius 2 is 1.05 bits per heavy atom. The average molecular weight is 1010 g/mol. The fourth-order valence-electron chi connectivity index (χ4n) is 5.55. The van der Waals surface area contributed by atoms with Crippen molar-refractivity contribution < 1.29 is 66.3 Å². The molecule has 0 aromatic heterocycles. The summed E-state index contributed by atoms with van der Waals surface area (Å²) in [7, 11) is -2.63. The lowest BCUT2D eigenvalue weighted by Crippen LogP contribution is -2.65. The highest BCUT2D eigenvalue weighted by Gasteiger charge is 2.56. The number of carbonyl (C=O) groups excluding carboxylic acids is 5. The van der Waals surface area contributed by atoms with Crippen LogP contribution in [0.25, 0.3) is 0 Å². The van der Waals surface area contributed by atoms with Crippen molar-refractivity contribution >= 4 is 83.3 Å². The number of ether oxygens (including phenoxy) is 8. The molecule has 17 heteroatoms. The Labute approximate surface area is 349 Å². The van der Waals surface area contributed by atoms with Gasteiger partial charge in [-0.25, -0.2) is 9.59 Å². The van der Waals surface area contributed by atoms with Crippen LogP contribution in [0.5, 0.6) is 0 Å². The van der Waals surface area contributed by atoms with Crippen molar-refractivity contribution in [1.29, 1.82) is 0 Å². The highest BCUT2D eigenvalue weighted by Crippen LogP contribution is 2.43. The molecule has 0 amide bonds. The molecule has 302 valence electrons. The molecule has 0 spiro atoms. The lowest BCUT2D eigenvalue weighted by molar-refractivity contribution is -0.309. The lowest BCUT2D eigenvalue weighted by atomic mass is 9.99. The molecule has 0 radical (unpaired) electrons. The minimum Gasteiger partial charge on any atom is -0.463 e. The van der Waals surface area contributed by atoms with Gasteiger partial charge in [0.25, 0.3) is 0 Å². The average Bonchev–Trinajstić information content (AvgIpc) is 3.11. The number of rotatable bonds is 13. The summed E-state index contributed by atoms with van der Waals surface area (Å²) in [5, 5.41) is -0.277. The zero-order valence-corrected chi connectivity index (χ0v) is 37.2. The maximum Gasteiger partial charge on any atom is 0.338 e. The third-order valence-electron chi connectivity index (χ3n) is 9.36. The second kappa shape index (κ2) is 19.6. The summed E-state index contributed by atoms with van der Waals surface area (Å²) in [6, 6.07) is 16.7. The summed E-state index contributed by atoms with van der Waals surface area (Å²) in [5.41, 5.74) is 0.555. The van der Waals surface area contributed by atoms with Crippen LogP contribution in [-0.4, -0.2) is 108 Å². The standard InChI is InChI=1S/C38H48I2O14Si/c1-21(41)46-19-26-30(32(28(39)36(49-26)48-23(3)43)52-35(45)25-17-13-10-14-18-25)53-37-29(40)33(54-55(7,8)38(4,5)6)31(27(50-37)20-47-22(2)42)51-34(44)24-15-11-9-12-16-24/h9-18,26-33,36-37H,19-20H2,1-8H3/t26-,27-,28-,29-,30-,31-,32-,33-,36?,37+/m1/s1. The predicted molar refractivity (Wildman–Crippen MR) is 216 cm³/mol. The minimum absolute atomic E-state index is 0.255. The van der Waals surface area contributed by atoms with E-state index in [0.29, 0.717) is 5.56 Å². The number of halogens is 2. The number of benzene rings is 2. The predicted octanol–water partition coefficient (Wildman–Crippen LogP) is 5.96. The Morgan fingerprint density at radius 1 is 0.618 bits per heavy atom. The Hall–Kier alpha value is -2.69. The van der Waals surface area contributed by atoms with E-state index in [0.717, 1.165) is 0 Å². The second-order valence-electron chi connectivity index (χ2n) is 14.6. The summed E-state index contributed by atoms with van der Waals surface area (Å²) in [6.45, 7) is 13.3. The maximum absolute atomic E-state index is 13.6. The molecule has 0 bridgehead atoms. The van der Waals surface area contributed by atoms with Gasteiger partial charge in [-0.1, -0.05) is 102 Å². The summed E-state index contributed by atoms with van der Waals surface area (Å²) in [6.07, 6.45) is -8.91. The van der Waals surface area contributed by atoms with Crippen molar-refractivity contribution in [3.63, 3.8) is 0 Å². The first-order valence-electron chi connectivity index (χ1n) is 17.7. The number of alkyl halides is 2. The van der Waals surface area contributed by atoms with Gasteiger partial charge in [0.15, 0.2) is 20.7 Å². The number of carbonyl (C=O) groups is 5. The van der Waals surface area contributed by atoms with E-state index in [2.05, 4.69) is 56.5 Å². The Kier molecular flexibility index (Phi) is 16.1. The van der Waals surface area contributed by atoms with Gasteiger partial charge in [-0.2, -0.15) is 0 Å². The first-order chi connectivity index (χ1) is 25.8. The molecule has 2 aliphatic heterocycles. The Morgan fingerprint density at radius 3 is 1.51 bits per heavy atom. The molecule has 2 aromatic rings. The van der Waals surface area contributed by atoms with Gasteiger partial charge in [0.05, 0.1) is 15.1 Å². The Bertz CT molecular complexity index is 1640. The summed E-state index contributed by atoms with van der Waals surface area (Å²) >= 11 is 4.09. The van der Waals surface area contributed by atoms with Crippen molar-refractivity contribution in [3.05, 3.63) is 71.8 Å². The third-order valence-corrected chi connectivity index (χ3v) is 16.4. The molecule has 2 aliphatic rings. The molecule has 1 unspecified atom stereocenters. The van der Waals surface area contributed by atoms with Crippen molar-refractivity contribution in [3.8, 4) is 0 Å². The quantitative estimate of drug-likeness (QED) is 0.0758. The molecule has 0 N–H and O–H groups in total. The van der Waals surface area contributed by atoms with Crippen molar-refractivity contribution in [2.75, 3.05) is 13.2 Å². The van der Waals surface area contributed by atoms with Gasteiger partial charge in [-0.05, 0) is 42.4 Å².